The molecule has 100 valence electrons. The number of rotatable bonds is 3. The monoisotopic (exact) mass is 300 g/mol. The van der Waals surface area contributed by atoms with Crippen LogP contribution in [0.3, 0.4) is 0 Å². The van der Waals surface area contributed by atoms with Gasteiger partial charge in [-0.15, -0.1) is 0 Å². The molecule has 0 heterocycles. The van der Waals surface area contributed by atoms with Crippen LogP contribution in [0.4, 0.5) is 15.8 Å². The summed E-state index contributed by atoms with van der Waals surface area (Å²) in [5.41, 5.74) is 6.19. The fourth-order valence-electron chi connectivity index (χ4n) is 1.44. The van der Waals surface area contributed by atoms with Gasteiger partial charge in [-0.3, -0.25) is 4.72 Å². The van der Waals surface area contributed by atoms with E-state index in [1.807, 2.05) is 0 Å². The second-order valence-electron chi connectivity index (χ2n) is 3.77. The maximum Gasteiger partial charge on any atom is 0.262 e. The normalized spacial score (nSPS) is 11.3. The van der Waals surface area contributed by atoms with Crippen molar-refractivity contribution in [1.82, 2.24) is 0 Å². The molecular formula is C12H10ClFN2O2S. The molecule has 0 aliphatic heterocycles. The molecule has 3 N–H and O–H groups in total. The van der Waals surface area contributed by atoms with Crippen LogP contribution in [0, 0.1) is 5.82 Å². The average Bonchev–Trinajstić information content (AvgIpc) is 2.35. The van der Waals surface area contributed by atoms with E-state index in [1.54, 1.807) is 18.2 Å². The van der Waals surface area contributed by atoms with Gasteiger partial charge in [0.25, 0.3) is 10.0 Å². The van der Waals surface area contributed by atoms with E-state index in [1.165, 1.54) is 6.07 Å². The Morgan fingerprint density at radius 1 is 1.16 bits per heavy atom. The summed E-state index contributed by atoms with van der Waals surface area (Å²) in [6.07, 6.45) is 0. The van der Waals surface area contributed by atoms with E-state index < -0.39 is 15.8 Å². The highest BCUT2D eigenvalue weighted by Crippen LogP contribution is 2.24. The first kappa shape index (κ1) is 13.6. The van der Waals surface area contributed by atoms with Crippen molar-refractivity contribution >= 4 is 33.0 Å². The summed E-state index contributed by atoms with van der Waals surface area (Å²) in [6, 6.07) is 9.58. The molecule has 0 unspecified atom stereocenters. The van der Waals surface area contributed by atoms with E-state index >= 15 is 0 Å². The number of nitrogens with one attached hydrogen (secondary N) is 1. The highest BCUT2D eigenvalue weighted by Gasteiger charge is 2.16. The SMILES string of the molecule is Nc1ccccc1NS(=O)(=O)c1ccc(F)c(Cl)c1. The van der Waals surface area contributed by atoms with E-state index in [2.05, 4.69) is 4.72 Å². The van der Waals surface area contributed by atoms with Crippen molar-refractivity contribution in [1.29, 1.82) is 0 Å². The van der Waals surface area contributed by atoms with Crippen LogP contribution in [0.15, 0.2) is 47.4 Å². The molecule has 0 bridgehead atoms. The van der Waals surface area contributed by atoms with Gasteiger partial charge in [0.05, 0.1) is 21.3 Å². The van der Waals surface area contributed by atoms with Gasteiger partial charge in [-0.25, -0.2) is 12.8 Å². The van der Waals surface area contributed by atoms with Crippen molar-refractivity contribution in [3.63, 3.8) is 0 Å². The Balaban J connectivity index is 2.38. The first-order valence-corrected chi connectivity index (χ1v) is 7.08. The van der Waals surface area contributed by atoms with Crippen molar-refractivity contribution in [2.24, 2.45) is 0 Å². The standard InChI is InChI=1S/C12H10ClFN2O2S/c13-9-7-8(5-6-10(9)14)19(17,18)16-12-4-2-1-3-11(12)15/h1-7,16H,15H2. The number of benzene rings is 2. The van der Waals surface area contributed by atoms with Crippen LogP contribution in [-0.2, 0) is 10.0 Å². The molecule has 0 spiro atoms. The van der Waals surface area contributed by atoms with Gasteiger partial charge in [-0.1, -0.05) is 23.7 Å². The lowest BCUT2D eigenvalue weighted by Crippen LogP contribution is -2.14. The number of sulfonamides is 1. The van der Waals surface area contributed by atoms with Crippen molar-refractivity contribution in [3.8, 4) is 0 Å². The van der Waals surface area contributed by atoms with Gasteiger partial charge in [0.15, 0.2) is 0 Å². The molecular weight excluding hydrogens is 291 g/mol. The molecule has 0 aliphatic rings. The van der Waals surface area contributed by atoms with E-state index in [0.29, 0.717) is 5.69 Å². The molecule has 0 fully saturated rings. The lowest BCUT2D eigenvalue weighted by Gasteiger charge is -2.10. The Bertz CT molecular complexity index is 719. The summed E-state index contributed by atoms with van der Waals surface area (Å²) in [4.78, 5) is -0.137. The van der Waals surface area contributed by atoms with Gasteiger partial charge in [-0.2, -0.15) is 0 Å². The smallest absolute Gasteiger partial charge is 0.262 e. The molecule has 0 amide bonds. The third kappa shape index (κ3) is 2.97. The average molecular weight is 301 g/mol. The zero-order valence-corrected chi connectivity index (χ0v) is 11.2. The Morgan fingerprint density at radius 2 is 1.84 bits per heavy atom. The summed E-state index contributed by atoms with van der Waals surface area (Å²) >= 11 is 5.56. The second kappa shape index (κ2) is 5.07. The Kier molecular flexibility index (Phi) is 3.64. The molecule has 0 atom stereocenters. The van der Waals surface area contributed by atoms with Crippen molar-refractivity contribution in [3.05, 3.63) is 53.3 Å². The van der Waals surface area contributed by atoms with Crippen LogP contribution in [0.1, 0.15) is 0 Å². The van der Waals surface area contributed by atoms with Crippen molar-refractivity contribution < 1.29 is 12.8 Å². The van der Waals surface area contributed by atoms with Gasteiger partial charge in [0, 0.05) is 0 Å². The van der Waals surface area contributed by atoms with E-state index in [4.69, 9.17) is 17.3 Å². The predicted molar refractivity (Wildman–Crippen MR) is 73.1 cm³/mol. The van der Waals surface area contributed by atoms with E-state index in [0.717, 1.165) is 18.2 Å². The minimum atomic E-state index is -3.86. The third-order valence-electron chi connectivity index (χ3n) is 2.41. The fourth-order valence-corrected chi connectivity index (χ4v) is 2.80. The zero-order chi connectivity index (χ0) is 14.0. The summed E-state index contributed by atoms with van der Waals surface area (Å²) in [6.45, 7) is 0. The topological polar surface area (TPSA) is 72.2 Å². The van der Waals surface area contributed by atoms with Crippen LogP contribution < -0.4 is 10.5 Å². The fraction of sp³-hybridized carbons (Fsp3) is 0. The molecule has 2 aromatic carbocycles. The quantitative estimate of drug-likeness (QED) is 0.856. The molecule has 2 aromatic rings. The highest BCUT2D eigenvalue weighted by molar-refractivity contribution is 7.92. The number of hydrogen-bond donors (Lipinski definition) is 2. The van der Waals surface area contributed by atoms with Gasteiger partial charge >= 0.3 is 0 Å². The molecule has 4 nitrogen and oxygen atoms in total. The molecule has 2 rings (SSSR count). The number of anilines is 2. The van der Waals surface area contributed by atoms with Crippen LogP contribution >= 0.6 is 11.6 Å². The minimum Gasteiger partial charge on any atom is -0.397 e. The van der Waals surface area contributed by atoms with Crippen LogP contribution in [0.5, 0.6) is 0 Å². The number of hydrogen-bond acceptors (Lipinski definition) is 3. The van der Waals surface area contributed by atoms with Crippen molar-refractivity contribution in [2.75, 3.05) is 10.5 Å². The van der Waals surface area contributed by atoms with Gasteiger partial charge in [-0.05, 0) is 30.3 Å². The minimum absolute atomic E-state index is 0.137. The summed E-state index contributed by atoms with van der Waals surface area (Å²) in [7, 11) is -3.86. The predicted octanol–water partition coefficient (Wildman–Crippen LogP) is 2.86. The molecule has 0 saturated heterocycles. The van der Waals surface area contributed by atoms with Gasteiger partial charge in [0.1, 0.15) is 5.82 Å². The summed E-state index contributed by atoms with van der Waals surface area (Å²) in [5, 5.41) is -0.260. The van der Waals surface area contributed by atoms with Crippen LogP contribution in [0.25, 0.3) is 0 Å². The second-order valence-corrected chi connectivity index (χ2v) is 5.86. The number of halogens is 2. The lowest BCUT2D eigenvalue weighted by atomic mass is 10.3. The maximum absolute atomic E-state index is 13.0. The van der Waals surface area contributed by atoms with Gasteiger partial charge in [0.2, 0.25) is 0 Å². The Hall–Kier alpha value is -1.79. The van der Waals surface area contributed by atoms with Crippen LogP contribution in [0.2, 0.25) is 5.02 Å². The molecule has 0 saturated carbocycles. The summed E-state index contributed by atoms with van der Waals surface area (Å²) in [5.74, 6) is -0.681. The molecule has 19 heavy (non-hydrogen) atoms. The van der Waals surface area contributed by atoms with E-state index in [-0.39, 0.29) is 15.6 Å². The largest absolute Gasteiger partial charge is 0.397 e. The number of para-hydroxylation sites is 2. The third-order valence-corrected chi connectivity index (χ3v) is 4.06. The first-order valence-electron chi connectivity index (χ1n) is 5.22. The van der Waals surface area contributed by atoms with Gasteiger partial charge < -0.3 is 5.73 Å². The number of nitrogens with two attached hydrogens (primary N) is 1. The zero-order valence-electron chi connectivity index (χ0n) is 9.60. The molecule has 0 aliphatic carbocycles. The molecule has 0 aromatic heterocycles. The van der Waals surface area contributed by atoms with E-state index in [9.17, 15) is 12.8 Å². The lowest BCUT2D eigenvalue weighted by molar-refractivity contribution is 0.599. The molecule has 0 radical (unpaired) electrons. The van der Waals surface area contributed by atoms with Crippen LogP contribution in [-0.4, -0.2) is 8.42 Å². The Labute approximate surface area is 115 Å². The summed E-state index contributed by atoms with van der Waals surface area (Å²) < 4.78 is 39.5. The first-order chi connectivity index (χ1) is 8.90. The highest BCUT2D eigenvalue weighted by atomic mass is 35.5. The maximum atomic E-state index is 13.0. The molecule has 7 heteroatoms. The number of nitrogen functional groups attached to an aromatic ring is 1. The Morgan fingerprint density at radius 3 is 2.47 bits per heavy atom. The van der Waals surface area contributed by atoms with Crippen molar-refractivity contribution in [2.45, 2.75) is 4.90 Å².